The van der Waals surface area contributed by atoms with Gasteiger partial charge >= 0.3 is 0 Å². The van der Waals surface area contributed by atoms with Crippen molar-refractivity contribution >= 4 is 11.6 Å². The zero-order valence-electron chi connectivity index (χ0n) is 11.1. The lowest BCUT2D eigenvalue weighted by molar-refractivity contribution is 0.100. The van der Waals surface area contributed by atoms with Crippen LogP contribution in [0.2, 0.25) is 0 Å². The number of nitrogen functional groups attached to an aromatic ring is 1. The smallest absolute Gasteiger partial charge is 0.250 e. The van der Waals surface area contributed by atoms with Gasteiger partial charge in [0.2, 0.25) is 0 Å². The van der Waals surface area contributed by atoms with Crippen LogP contribution in [0, 0.1) is 0 Å². The van der Waals surface area contributed by atoms with Gasteiger partial charge in [0.05, 0.1) is 12.2 Å². The molecule has 4 N–H and O–H groups in total. The number of nitrogens with two attached hydrogens (primary N) is 2. The maximum Gasteiger partial charge on any atom is 0.250 e. The fourth-order valence-electron chi connectivity index (χ4n) is 1.74. The predicted molar refractivity (Wildman–Crippen MR) is 77.1 cm³/mol. The highest BCUT2D eigenvalue weighted by Crippen LogP contribution is 2.27. The van der Waals surface area contributed by atoms with Crippen LogP contribution >= 0.6 is 0 Å². The molecule has 0 spiro atoms. The first kappa shape index (κ1) is 13.7. The molecule has 0 aliphatic carbocycles. The number of anilines is 1. The van der Waals surface area contributed by atoms with Gasteiger partial charge in [-0.15, -0.1) is 0 Å². The summed E-state index contributed by atoms with van der Waals surface area (Å²) in [6.07, 6.45) is 0. The first-order chi connectivity index (χ1) is 9.60. The van der Waals surface area contributed by atoms with Crippen LogP contribution < -0.4 is 20.9 Å². The zero-order chi connectivity index (χ0) is 14.5. The Bertz CT molecular complexity index is 626. The number of amides is 1. The molecule has 0 saturated heterocycles. The van der Waals surface area contributed by atoms with E-state index in [9.17, 15) is 4.79 Å². The molecular formula is C15H16N2O3. The van der Waals surface area contributed by atoms with E-state index in [1.807, 2.05) is 19.1 Å². The molecule has 0 aliphatic heterocycles. The van der Waals surface area contributed by atoms with E-state index >= 15 is 0 Å². The molecule has 0 radical (unpaired) electrons. The summed E-state index contributed by atoms with van der Waals surface area (Å²) in [6, 6.07) is 12.0. The van der Waals surface area contributed by atoms with Crippen molar-refractivity contribution in [3.8, 4) is 17.2 Å². The van der Waals surface area contributed by atoms with E-state index in [4.69, 9.17) is 20.9 Å². The van der Waals surface area contributed by atoms with E-state index in [0.717, 1.165) is 5.75 Å². The molecule has 2 aromatic rings. The molecule has 0 heterocycles. The highest BCUT2D eigenvalue weighted by Gasteiger charge is 2.08. The molecule has 0 aromatic heterocycles. The van der Waals surface area contributed by atoms with Crippen molar-refractivity contribution in [3.05, 3.63) is 48.0 Å². The second kappa shape index (κ2) is 5.97. The van der Waals surface area contributed by atoms with Gasteiger partial charge in [-0.05, 0) is 37.3 Å². The van der Waals surface area contributed by atoms with Crippen molar-refractivity contribution in [3.63, 3.8) is 0 Å². The molecule has 0 aliphatic rings. The van der Waals surface area contributed by atoms with Gasteiger partial charge in [-0.1, -0.05) is 6.07 Å². The Hall–Kier alpha value is -2.69. The SMILES string of the molecule is CCOc1cccc(Oc2ccc(N)c(C(N)=O)c2)c1. The minimum absolute atomic E-state index is 0.239. The maximum absolute atomic E-state index is 11.2. The van der Waals surface area contributed by atoms with E-state index in [1.54, 1.807) is 24.3 Å². The van der Waals surface area contributed by atoms with E-state index in [0.29, 0.717) is 23.8 Å². The van der Waals surface area contributed by atoms with E-state index in [1.165, 1.54) is 6.07 Å². The van der Waals surface area contributed by atoms with Crippen LogP contribution in [-0.4, -0.2) is 12.5 Å². The number of rotatable bonds is 5. The van der Waals surface area contributed by atoms with Crippen LogP contribution in [0.25, 0.3) is 0 Å². The highest BCUT2D eigenvalue weighted by atomic mass is 16.5. The van der Waals surface area contributed by atoms with Crippen LogP contribution in [0.1, 0.15) is 17.3 Å². The lowest BCUT2D eigenvalue weighted by Gasteiger charge is -2.10. The maximum atomic E-state index is 11.2. The molecule has 5 heteroatoms. The van der Waals surface area contributed by atoms with Crippen molar-refractivity contribution in [2.45, 2.75) is 6.92 Å². The second-order valence-electron chi connectivity index (χ2n) is 4.12. The summed E-state index contributed by atoms with van der Waals surface area (Å²) in [5.41, 5.74) is 11.5. The number of ether oxygens (including phenoxy) is 2. The van der Waals surface area contributed by atoms with Crippen molar-refractivity contribution in [1.82, 2.24) is 0 Å². The summed E-state index contributed by atoms with van der Waals surface area (Å²) in [6.45, 7) is 2.49. The van der Waals surface area contributed by atoms with Crippen LogP contribution in [0.15, 0.2) is 42.5 Å². The third kappa shape index (κ3) is 3.20. The average Bonchev–Trinajstić information content (AvgIpc) is 2.41. The van der Waals surface area contributed by atoms with Gasteiger partial charge in [0.1, 0.15) is 17.2 Å². The lowest BCUT2D eigenvalue weighted by Crippen LogP contribution is -2.13. The normalized spacial score (nSPS) is 10.1. The standard InChI is InChI=1S/C15H16N2O3/c1-2-19-10-4-3-5-11(8-10)20-12-6-7-14(16)13(9-12)15(17)18/h3-9H,2,16H2,1H3,(H2,17,18). The summed E-state index contributed by atoms with van der Waals surface area (Å²) in [5.74, 6) is 1.23. The number of hydrogen-bond donors (Lipinski definition) is 2. The fraction of sp³-hybridized carbons (Fsp3) is 0.133. The van der Waals surface area contributed by atoms with E-state index in [2.05, 4.69) is 0 Å². The topological polar surface area (TPSA) is 87.6 Å². The predicted octanol–water partition coefficient (Wildman–Crippen LogP) is 2.56. The molecule has 0 atom stereocenters. The van der Waals surface area contributed by atoms with Gasteiger partial charge in [-0.25, -0.2) is 0 Å². The highest BCUT2D eigenvalue weighted by molar-refractivity contribution is 5.98. The Kier molecular flexibility index (Phi) is 4.10. The molecule has 1 amide bonds. The Labute approximate surface area is 117 Å². The molecule has 2 aromatic carbocycles. The molecule has 0 bridgehead atoms. The number of hydrogen-bond acceptors (Lipinski definition) is 4. The average molecular weight is 272 g/mol. The Morgan fingerprint density at radius 3 is 2.50 bits per heavy atom. The first-order valence-corrected chi connectivity index (χ1v) is 6.20. The van der Waals surface area contributed by atoms with Gasteiger partial charge in [0.25, 0.3) is 5.91 Å². The molecule has 20 heavy (non-hydrogen) atoms. The molecule has 0 saturated carbocycles. The third-order valence-corrected chi connectivity index (χ3v) is 2.64. The van der Waals surface area contributed by atoms with Gasteiger partial charge in [-0.3, -0.25) is 4.79 Å². The Balaban J connectivity index is 2.23. The van der Waals surface area contributed by atoms with Gasteiger partial charge in [0.15, 0.2) is 0 Å². The number of benzene rings is 2. The molecule has 0 unspecified atom stereocenters. The molecule has 0 fully saturated rings. The summed E-state index contributed by atoms with van der Waals surface area (Å²) in [4.78, 5) is 11.2. The molecule has 104 valence electrons. The molecule has 5 nitrogen and oxygen atoms in total. The number of carbonyl (C=O) groups excluding carboxylic acids is 1. The van der Waals surface area contributed by atoms with Gasteiger partial charge in [-0.2, -0.15) is 0 Å². The quantitative estimate of drug-likeness (QED) is 0.819. The van der Waals surface area contributed by atoms with E-state index < -0.39 is 5.91 Å². The van der Waals surface area contributed by atoms with Gasteiger partial charge in [0, 0.05) is 11.8 Å². The fourth-order valence-corrected chi connectivity index (χ4v) is 1.74. The summed E-state index contributed by atoms with van der Waals surface area (Å²) in [5, 5.41) is 0. The van der Waals surface area contributed by atoms with Crippen molar-refractivity contribution in [2.24, 2.45) is 5.73 Å². The van der Waals surface area contributed by atoms with Crippen LogP contribution in [0.4, 0.5) is 5.69 Å². The van der Waals surface area contributed by atoms with E-state index in [-0.39, 0.29) is 5.56 Å². The molecule has 2 rings (SSSR count). The Morgan fingerprint density at radius 1 is 1.10 bits per heavy atom. The number of carbonyl (C=O) groups is 1. The molecular weight excluding hydrogens is 256 g/mol. The minimum atomic E-state index is -0.587. The number of primary amides is 1. The minimum Gasteiger partial charge on any atom is -0.494 e. The summed E-state index contributed by atoms with van der Waals surface area (Å²) in [7, 11) is 0. The summed E-state index contributed by atoms with van der Waals surface area (Å²) >= 11 is 0. The lowest BCUT2D eigenvalue weighted by atomic mass is 10.1. The monoisotopic (exact) mass is 272 g/mol. The third-order valence-electron chi connectivity index (χ3n) is 2.64. The zero-order valence-corrected chi connectivity index (χ0v) is 11.1. The van der Waals surface area contributed by atoms with Crippen LogP contribution in [0.3, 0.4) is 0 Å². The Morgan fingerprint density at radius 2 is 1.80 bits per heavy atom. The van der Waals surface area contributed by atoms with Crippen molar-refractivity contribution < 1.29 is 14.3 Å². The van der Waals surface area contributed by atoms with Crippen LogP contribution in [-0.2, 0) is 0 Å². The summed E-state index contributed by atoms with van der Waals surface area (Å²) < 4.78 is 11.1. The van der Waals surface area contributed by atoms with Crippen LogP contribution in [0.5, 0.6) is 17.2 Å². The van der Waals surface area contributed by atoms with Crippen molar-refractivity contribution in [1.29, 1.82) is 0 Å². The van der Waals surface area contributed by atoms with Crippen molar-refractivity contribution in [2.75, 3.05) is 12.3 Å². The second-order valence-corrected chi connectivity index (χ2v) is 4.12. The van der Waals surface area contributed by atoms with Gasteiger partial charge < -0.3 is 20.9 Å². The first-order valence-electron chi connectivity index (χ1n) is 6.20. The largest absolute Gasteiger partial charge is 0.494 e.